The molecular weight excluding hydrogens is 348 g/mol. The van der Waals surface area contributed by atoms with Crippen LogP contribution in [-0.4, -0.2) is 22.9 Å². The highest BCUT2D eigenvalue weighted by Gasteiger charge is 2.21. The standard InChI is InChI=1S/C17H21ClN2O5/c1-11(25-16(21)9-6-12-4-2-3-5-12)17(22)19-15-8-7-13(20(23)24)10-14(15)18/h7-8,10-12H,2-6,9H2,1H3,(H,19,22). The number of benzene rings is 1. The summed E-state index contributed by atoms with van der Waals surface area (Å²) in [7, 11) is 0. The number of nitro benzene ring substituents is 1. The van der Waals surface area contributed by atoms with Crippen molar-refractivity contribution >= 4 is 34.9 Å². The maximum absolute atomic E-state index is 12.1. The number of rotatable bonds is 7. The first kappa shape index (κ1) is 19.2. The highest BCUT2D eigenvalue weighted by molar-refractivity contribution is 6.34. The van der Waals surface area contributed by atoms with Gasteiger partial charge in [0.2, 0.25) is 0 Å². The molecule has 0 aliphatic heterocycles. The van der Waals surface area contributed by atoms with Crippen molar-refractivity contribution in [1.82, 2.24) is 0 Å². The average Bonchev–Trinajstić information content (AvgIpc) is 3.08. The molecule has 2 rings (SSSR count). The number of amides is 1. The van der Waals surface area contributed by atoms with Gasteiger partial charge in [-0.2, -0.15) is 0 Å². The Kier molecular flexibility index (Phi) is 6.75. The van der Waals surface area contributed by atoms with E-state index in [2.05, 4.69) is 5.32 Å². The predicted molar refractivity (Wildman–Crippen MR) is 93.5 cm³/mol. The molecule has 1 aliphatic carbocycles. The van der Waals surface area contributed by atoms with E-state index < -0.39 is 22.9 Å². The van der Waals surface area contributed by atoms with E-state index in [0.29, 0.717) is 12.3 Å². The first-order valence-corrected chi connectivity index (χ1v) is 8.69. The first-order valence-electron chi connectivity index (χ1n) is 8.31. The fourth-order valence-corrected chi connectivity index (χ4v) is 3.11. The third-order valence-corrected chi connectivity index (χ3v) is 4.64. The molecule has 0 aromatic heterocycles. The Hall–Kier alpha value is -2.15. The van der Waals surface area contributed by atoms with E-state index in [-0.39, 0.29) is 16.4 Å². The van der Waals surface area contributed by atoms with Crippen LogP contribution in [0.5, 0.6) is 0 Å². The van der Waals surface area contributed by atoms with Gasteiger partial charge in [-0.3, -0.25) is 19.7 Å². The number of anilines is 1. The lowest BCUT2D eigenvalue weighted by Crippen LogP contribution is -2.30. The first-order chi connectivity index (χ1) is 11.9. The molecule has 1 aliphatic rings. The van der Waals surface area contributed by atoms with Crippen LogP contribution in [0.1, 0.15) is 45.4 Å². The molecule has 1 unspecified atom stereocenters. The molecule has 8 heteroatoms. The summed E-state index contributed by atoms with van der Waals surface area (Å²) in [4.78, 5) is 34.0. The summed E-state index contributed by atoms with van der Waals surface area (Å²) in [5, 5.41) is 13.2. The zero-order valence-corrected chi connectivity index (χ0v) is 14.8. The van der Waals surface area contributed by atoms with Gasteiger partial charge in [-0.15, -0.1) is 0 Å². The lowest BCUT2D eigenvalue weighted by atomic mass is 10.0. The normalized spacial score (nSPS) is 15.6. The second-order valence-electron chi connectivity index (χ2n) is 6.23. The van der Waals surface area contributed by atoms with Crippen LogP contribution in [0, 0.1) is 16.0 Å². The number of non-ortho nitro benzene ring substituents is 1. The molecule has 1 aromatic carbocycles. The molecular formula is C17H21ClN2O5. The number of halogens is 1. The van der Waals surface area contributed by atoms with E-state index in [1.54, 1.807) is 0 Å². The van der Waals surface area contributed by atoms with Crippen molar-refractivity contribution < 1.29 is 19.2 Å². The number of nitro groups is 1. The number of nitrogens with zero attached hydrogens (tertiary/aromatic N) is 1. The summed E-state index contributed by atoms with van der Waals surface area (Å²) >= 11 is 5.92. The number of ether oxygens (including phenoxy) is 1. The van der Waals surface area contributed by atoms with Gasteiger partial charge < -0.3 is 10.1 Å². The van der Waals surface area contributed by atoms with Gasteiger partial charge >= 0.3 is 5.97 Å². The second kappa shape index (κ2) is 8.80. The van der Waals surface area contributed by atoms with Gasteiger partial charge in [-0.1, -0.05) is 37.3 Å². The Morgan fingerprint density at radius 2 is 2.08 bits per heavy atom. The van der Waals surface area contributed by atoms with Gasteiger partial charge in [0.1, 0.15) is 0 Å². The lowest BCUT2D eigenvalue weighted by molar-refractivity contribution is -0.384. The molecule has 1 atom stereocenters. The van der Waals surface area contributed by atoms with Gasteiger partial charge in [0, 0.05) is 18.6 Å². The Balaban J connectivity index is 1.83. The largest absolute Gasteiger partial charge is 0.453 e. The topological polar surface area (TPSA) is 98.5 Å². The highest BCUT2D eigenvalue weighted by atomic mass is 35.5. The van der Waals surface area contributed by atoms with Crippen LogP contribution in [-0.2, 0) is 14.3 Å². The fourth-order valence-electron chi connectivity index (χ4n) is 2.88. The minimum absolute atomic E-state index is 0.0438. The third kappa shape index (κ3) is 5.70. The van der Waals surface area contributed by atoms with Crippen molar-refractivity contribution in [2.75, 3.05) is 5.32 Å². The zero-order chi connectivity index (χ0) is 18.4. The van der Waals surface area contributed by atoms with Crippen molar-refractivity contribution in [3.63, 3.8) is 0 Å². The number of esters is 1. The van der Waals surface area contributed by atoms with Crippen molar-refractivity contribution in [2.45, 2.75) is 51.6 Å². The van der Waals surface area contributed by atoms with Crippen molar-refractivity contribution in [3.8, 4) is 0 Å². The monoisotopic (exact) mass is 368 g/mol. The maximum Gasteiger partial charge on any atom is 0.306 e. The number of nitrogens with one attached hydrogen (secondary N) is 1. The van der Waals surface area contributed by atoms with Gasteiger partial charge in [0.05, 0.1) is 15.6 Å². The maximum atomic E-state index is 12.1. The molecule has 25 heavy (non-hydrogen) atoms. The number of carbonyl (C=O) groups excluding carboxylic acids is 2. The molecule has 0 bridgehead atoms. The fraction of sp³-hybridized carbons (Fsp3) is 0.529. The van der Waals surface area contributed by atoms with Crippen molar-refractivity contribution in [3.05, 3.63) is 33.3 Å². The summed E-state index contributed by atoms with van der Waals surface area (Å²) < 4.78 is 5.14. The molecule has 1 saturated carbocycles. The minimum Gasteiger partial charge on any atom is -0.453 e. The van der Waals surface area contributed by atoms with E-state index in [9.17, 15) is 19.7 Å². The number of carbonyl (C=O) groups is 2. The van der Waals surface area contributed by atoms with Gasteiger partial charge in [0.15, 0.2) is 6.10 Å². The smallest absolute Gasteiger partial charge is 0.306 e. The van der Waals surface area contributed by atoms with Crippen LogP contribution in [0.2, 0.25) is 5.02 Å². The molecule has 0 radical (unpaired) electrons. The molecule has 1 aromatic rings. The Morgan fingerprint density at radius 1 is 1.40 bits per heavy atom. The summed E-state index contributed by atoms with van der Waals surface area (Å²) in [5.74, 6) is -0.357. The van der Waals surface area contributed by atoms with Crippen molar-refractivity contribution in [2.24, 2.45) is 5.92 Å². The van der Waals surface area contributed by atoms with Gasteiger partial charge in [-0.05, 0) is 25.3 Å². The highest BCUT2D eigenvalue weighted by Crippen LogP contribution is 2.29. The molecule has 0 heterocycles. The Labute approximate surface area is 150 Å². The Morgan fingerprint density at radius 3 is 2.68 bits per heavy atom. The number of hydrogen-bond donors (Lipinski definition) is 1. The molecule has 1 amide bonds. The van der Waals surface area contributed by atoms with Crippen LogP contribution < -0.4 is 5.32 Å². The van der Waals surface area contributed by atoms with E-state index >= 15 is 0 Å². The molecule has 136 valence electrons. The second-order valence-corrected chi connectivity index (χ2v) is 6.64. The average molecular weight is 369 g/mol. The van der Waals surface area contributed by atoms with E-state index in [0.717, 1.165) is 25.3 Å². The summed E-state index contributed by atoms with van der Waals surface area (Å²) in [6.07, 6.45) is 4.87. The van der Waals surface area contributed by atoms with E-state index in [1.807, 2.05) is 0 Å². The Bertz CT molecular complexity index is 658. The SMILES string of the molecule is CC(OC(=O)CCC1CCCC1)C(=O)Nc1ccc([N+](=O)[O-])cc1Cl. The third-order valence-electron chi connectivity index (χ3n) is 4.33. The zero-order valence-electron chi connectivity index (χ0n) is 14.0. The van der Waals surface area contributed by atoms with Gasteiger partial charge in [0.25, 0.3) is 11.6 Å². The quantitative estimate of drug-likeness (QED) is 0.444. The van der Waals surface area contributed by atoms with E-state index in [1.165, 1.54) is 31.9 Å². The molecule has 0 spiro atoms. The van der Waals surface area contributed by atoms with Crippen LogP contribution in [0.3, 0.4) is 0 Å². The van der Waals surface area contributed by atoms with Crippen LogP contribution in [0.4, 0.5) is 11.4 Å². The van der Waals surface area contributed by atoms with Crippen LogP contribution in [0.25, 0.3) is 0 Å². The summed E-state index contributed by atoms with van der Waals surface area (Å²) in [6, 6.07) is 3.72. The molecule has 7 nitrogen and oxygen atoms in total. The van der Waals surface area contributed by atoms with E-state index in [4.69, 9.17) is 16.3 Å². The minimum atomic E-state index is -0.970. The van der Waals surface area contributed by atoms with Crippen LogP contribution >= 0.6 is 11.6 Å². The van der Waals surface area contributed by atoms with Gasteiger partial charge in [-0.25, -0.2) is 0 Å². The molecule has 1 N–H and O–H groups in total. The van der Waals surface area contributed by atoms with Crippen LogP contribution in [0.15, 0.2) is 18.2 Å². The van der Waals surface area contributed by atoms with Crippen molar-refractivity contribution in [1.29, 1.82) is 0 Å². The molecule has 0 saturated heterocycles. The number of hydrogen-bond acceptors (Lipinski definition) is 5. The summed E-state index contributed by atoms with van der Waals surface area (Å²) in [6.45, 7) is 1.47. The molecule has 1 fully saturated rings. The lowest BCUT2D eigenvalue weighted by Gasteiger charge is -2.15. The summed E-state index contributed by atoms with van der Waals surface area (Å²) in [5.41, 5.74) is 0.0560. The predicted octanol–water partition coefficient (Wildman–Crippen LogP) is 4.09.